The zero-order valence-electron chi connectivity index (χ0n) is 12.3. The number of nitrogens with one attached hydrogen (secondary N) is 1. The number of anilines is 1. The van der Waals surface area contributed by atoms with Crippen molar-refractivity contribution >= 4 is 23.2 Å². The summed E-state index contributed by atoms with van der Waals surface area (Å²) in [6.07, 6.45) is 0. The van der Waals surface area contributed by atoms with Crippen molar-refractivity contribution in [1.29, 1.82) is 0 Å². The standard InChI is InChI=1S/C13H18N4O4/c1-13(2,12(14)19)15-9-7-8(11(18)16(3)4)5-6-10(9)17(20)21/h5-7,15H,1-4H3,(H2,14,19). The summed E-state index contributed by atoms with van der Waals surface area (Å²) in [5.41, 5.74) is 4.16. The minimum absolute atomic E-state index is 0.0662. The average molecular weight is 294 g/mol. The first-order chi connectivity index (χ1) is 9.56. The summed E-state index contributed by atoms with van der Waals surface area (Å²) in [6, 6.07) is 3.92. The van der Waals surface area contributed by atoms with Gasteiger partial charge in [0.15, 0.2) is 0 Å². The molecule has 0 saturated carbocycles. The van der Waals surface area contributed by atoms with Crippen molar-refractivity contribution in [3.63, 3.8) is 0 Å². The Hall–Kier alpha value is -2.64. The smallest absolute Gasteiger partial charge is 0.292 e. The van der Waals surface area contributed by atoms with Crippen LogP contribution in [0.5, 0.6) is 0 Å². The molecule has 0 heterocycles. The molecule has 114 valence electrons. The van der Waals surface area contributed by atoms with Crippen LogP contribution >= 0.6 is 0 Å². The second kappa shape index (κ2) is 5.78. The minimum atomic E-state index is -1.19. The summed E-state index contributed by atoms with van der Waals surface area (Å²) in [4.78, 5) is 35.1. The molecule has 1 aromatic carbocycles. The van der Waals surface area contributed by atoms with Crippen LogP contribution in [0.1, 0.15) is 24.2 Å². The Labute approximate surface area is 122 Å². The van der Waals surface area contributed by atoms with Crippen LogP contribution in [0.15, 0.2) is 18.2 Å². The lowest BCUT2D eigenvalue weighted by Gasteiger charge is -2.23. The molecule has 0 aliphatic carbocycles. The number of amides is 2. The highest BCUT2D eigenvalue weighted by Crippen LogP contribution is 2.28. The zero-order chi connectivity index (χ0) is 16.4. The molecular weight excluding hydrogens is 276 g/mol. The van der Waals surface area contributed by atoms with Crippen LogP contribution in [0.25, 0.3) is 0 Å². The Balaban J connectivity index is 3.32. The topological polar surface area (TPSA) is 119 Å². The van der Waals surface area contributed by atoms with Crippen LogP contribution in [0.2, 0.25) is 0 Å². The summed E-state index contributed by atoms with van der Waals surface area (Å²) in [5, 5.41) is 13.8. The van der Waals surface area contributed by atoms with Gasteiger partial charge in [0.1, 0.15) is 11.2 Å². The molecule has 0 aliphatic heterocycles. The fourth-order valence-electron chi connectivity index (χ4n) is 1.58. The van der Waals surface area contributed by atoms with Gasteiger partial charge >= 0.3 is 0 Å². The molecule has 0 radical (unpaired) electrons. The van der Waals surface area contributed by atoms with E-state index in [-0.39, 0.29) is 22.8 Å². The molecule has 0 aromatic heterocycles. The van der Waals surface area contributed by atoms with Gasteiger partial charge in [-0.15, -0.1) is 0 Å². The van der Waals surface area contributed by atoms with Gasteiger partial charge in [0.25, 0.3) is 11.6 Å². The van der Waals surface area contributed by atoms with Crippen LogP contribution in [-0.4, -0.2) is 41.3 Å². The van der Waals surface area contributed by atoms with E-state index in [0.29, 0.717) is 0 Å². The Kier molecular flexibility index (Phi) is 4.52. The lowest BCUT2D eigenvalue weighted by molar-refractivity contribution is -0.384. The van der Waals surface area contributed by atoms with E-state index >= 15 is 0 Å². The lowest BCUT2D eigenvalue weighted by atomic mass is 10.0. The molecule has 0 fully saturated rings. The number of nitrogens with zero attached hydrogens (tertiary/aromatic N) is 2. The van der Waals surface area contributed by atoms with Crippen LogP contribution in [0.4, 0.5) is 11.4 Å². The van der Waals surface area contributed by atoms with E-state index in [4.69, 9.17) is 5.73 Å². The first-order valence-corrected chi connectivity index (χ1v) is 6.14. The van der Waals surface area contributed by atoms with E-state index in [1.807, 2.05) is 0 Å². The number of nitro benzene ring substituents is 1. The Morgan fingerprint density at radius 3 is 2.33 bits per heavy atom. The van der Waals surface area contributed by atoms with Crippen molar-refractivity contribution in [2.45, 2.75) is 19.4 Å². The van der Waals surface area contributed by atoms with Crippen molar-refractivity contribution in [1.82, 2.24) is 4.90 Å². The molecule has 0 atom stereocenters. The third-order valence-electron chi connectivity index (χ3n) is 2.91. The van der Waals surface area contributed by atoms with Gasteiger partial charge in [0.2, 0.25) is 5.91 Å². The minimum Gasteiger partial charge on any atom is -0.368 e. The molecular formula is C13H18N4O4. The van der Waals surface area contributed by atoms with Crippen LogP contribution in [0.3, 0.4) is 0 Å². The lowest BCUT2D eigenvalue weighted by Crippen LogP contribution is -2.45. The normalized spacial score (nSPS) is 10.9. The molecule has 3 N–H and O–H groups in total. The van der Waals surface area contributed by atoms with Gasteiger partial charge in [-0.25, -0.2) is 0 Å². The summed E-state index contributed by atoms with van der Waals surface area (Å²) in [5.74, 6) is -0.967. The Morgan fingerprint density at radius 1 is 1.33 bits per heavy atom. The molecule has 8 nitrogen and oxygen atoms in total. The molecule has 2 amide bonds. The largest absolute Gasteiger partial charge is 0.368 e. The molecule has 8 heteroatoms. The first-order valence-electron chi connectivity index (χ1n) is 6.14. The molecule has 0 saturated heterocycles. The summed E-state index contributed by atoms with van der Waals surface area (Å²) in [7, 11) is 3.15. The van der Waals surface area contributed by atoms with Crippen molar-refractivity contribution in [3.05, 3.63) is 33.9 Å². The van der Waals surface area contributed by atoms with Crippen molar-refractivity contribution in [3.8, 4) is 0 Å². The number of carbonyl (C=O) groups is 2. The number of carbonyl (C=O) groups excluding carboxylic acids is 2. The van der Waals surface area contributed by atoms with E-state index in [2.05, 4.69) is 5.32 Å². The Morgan fingerprint density at radius 2 is 1.90 bits per heavy atom. The second-order valence-electron chi connectivity index (χ2n) is 5.30. The van der Waals surface area contributed by atoms with Crippen molar-refractivity contribution < 1.29 is 14.5 Å². The van der Waals surface area contributed by atoms with Gasteiger partial charge in [-0.05, 0) is 26.0 Å². The maximum Gasteiger partial charge on any atom is 0.292 e. The molecule has 0 spiro atoms. The third-order valence-corrected chi connectivity index (χ3v) is 2.91. The highest BCUT2D eigenvalue weighted by molar-refractivity contribution is 5.96. The number of nitrogens with two attached hydrogens (primary N) is 1. The predicted molar refractivity (Wildman–Crippen MR) is 78.0 cm³/mol. The van der Waals surface area contributed by atoms with Crippen molar-refractivity contribution in [2.75, 3.05) is 19.4 Å². The van der Waals surface area contributed by atoms with Gasteiger partial charge in [0.05, 0.1) is 4.92 Å². The molecule has 0 aliphatic rings. The number of primary amides is 1. The fraction of sp³-hybridized carbons (Fsp3) is 0.385. The molecule has 0 bridgehead atoms. The maximum absolute atomic E-state index is 11.9. The van der Waals surface area contributed by atoms with Crippen molar-refractivity contribution in [2.24, 2.45) is 5.73 Å². The van der Waals surface area contributed by atoms with Gasteiger partial charge in [-0.1, -0.05) is 0 Å². The maximum atomic E-state index is 11.9. The van der Waals surface area contributed by atoms with Crippen LogP contribution in [0, 0.1) is 10.1 Å². The number of hydrogen-bond donors (Lipinski definition) is 2. The molecule has 1 aromatic rings. The molecule has 21 heavy (non-hydrogen) atoms. The zero-order valence-corrected chi connectivity index (χ0v) is 12.3. The van der Waals surface area contributed by atoms with E-state index in [1.54, 1.807) is 14.1 Å². The molecule has 1 rings (SSSR count). The quantitative estimate of drug-likeness (QED) is 0.619. The third kappa shape index (κ3) is 3.68. The fourth-order valence-corrected chi connectivity index (χ4v) is 1.58. The number of rotatable bonds is 5. The van der Waals surface area contributed by atoms with Gasteiger partial charge in [0, 0.05) is 25.7 Å². The SMILES string of the molecule is CN(C)C(=O)c1ccc([N+](=O)[O-])c(NC(C)(C)C(N)=O)c1. The van der Waals surface area contributed by atoms with Gasteiger partial charge in [-0.2, -0.15) is 0 Å². The van der Waals surface area contributed by atoms with Gasteiger partial charge in [-0.3, -0.25) is 19.7 Å². The van der Waals surface area contributed by atoms with Crippen LogP contribution in [-0.2, 0) is 4.79 Å². The van der Waals surface area contributed by atoms with Gasteiger partial charge < -0.3 is 16.0 Å². The Bertz CT molecular complexity index is 596. The summed E-state index contributed by atoms with van der Waals surface area (Å²) < 4.78 is 0. The summed E-state index contributed by atoms with van der Waals surface area (Å²) in [6.45, 7) is 3.00. The first kappa shape index (κ1) is 16.4. The highest BCUT2D eigenvalue weighted by Gasteiger charge is 2.28. The van der Waals surface area contributed by atoms with E-state index < -0.39 is 16.4 Å². The molecule has 0 unspecified atom stereocenters. The van der Waals surface area contributed by atoms with E-state index in [9.17, 15) is 19.7 Å². The highest BCUT2D eigenvalue weighted by atomic mass is 16.6. The van der Waals surface area contributed by atoms with Crippen LogP contribution < -0.4 is 11.1 Å². The van der Waals surface area contributed by atoms with E-state index in [1.165, 1.54) is 36.9 Å². The van der Waals surface area contributed by atoms with E-state index in [0.717, 1.165) is 0 Å². The average Bonchev–Trinajstić information content (AvgIpc) is 2.36. The predicted octanol–water partition coefficient (Wildman–Crippen LogP) is 0.972. The number of benzene rings is 1. The summed E-state index contributed by atoms with van der Waals surface area (Å²) >= 11 is 0. The monoisotopic (exact) mass is 294 g/mol. The number of hydrogen-bond acceptors (Lipinski definition) is 5. The number of nitro groups is 1. The second-order valence-corrected chi connectivity index (χ2v) is 5.30.